The van der Waals surface area contributed by atoms with E-state index in [1.807, 2.05) is 11.3 Å². The van der Waals surface area contributed by atoms with E-state index in [0.717, 1.165) is 50.1 Å². The van der Waals surface area contributed by atoms with Gasteiger partial charge in [-0.3, -0.25) is 0 Å². The molecule has 0 atom stereocenters. The van der Waals surface area contributed by atoms with Crippen LogP contribution in [-0.2, 0) is 0 Å². The Kier molecular flexibility index (Phi) is 8.39. The van der Waals surface area contributed by atoms with E-state index in [0.29, 0.717) is 0 Å². The first-order valence-electron chi connectivity index (χ1n) is 20.7. The van der Waals surface area contributed by atoms with Crippen LogP contribution in [0.5, 0.6) is 0 Å². The largest absolute Gasteiger partial charge is 0.453 e. The lowest BCUT2D eigenvalue weighted by atomic mass is 9.92. The Labute approximate surface area is 357 Å². The molecule has 2 nitrogen and oxygen atoms in total. The molecule has 286 valence electrons. The monoisotopic (exact) mass is 795 g/mol. The minimum absolute atomic E-state index is 0.853. The second kappa shape index (κ2) is 14.5. The number of rotatable bonds is 7. The molecule has 12 rings (SSSR count). The van der Waals surface area contributed by atoms with Gasteiger partial charge in [0.25, 0.3) is 0 Å². The molecule has 10 aromatic carbocycles. The minimum Gasteiger partial charge on any atom is -0.453 e. The fourth-order valence-electron chi connectivity index (χ4n) is 9.27. The predicted octanol–water partition coefficient (Wildman–Crippen LogP) is 17.2. The molecule has 0 aliphatic heterocycles. The topological polar surface area (TPSA) is 16.4 Å². The van der Waals surface area contributed by atoms with Crippen molar-refractivity contribution in [3.05, 3.63) is 224 Å². The van der Waals surface area contributed by atoms with Crippen LogP contribution < -0.4 is 4.90 Å². The third-order valence-corrected chi connectivity index (χ3v) is 13.2. The molecule has 12 aromatic rings. The maximum atomic E-state index is 7.01. The highest BCUT2D eigenvalue weighted by molar-refractivity contribution is 7.25. The number of hydrogen-bond donors (Lipinski definition) is 0. The van der Waals surface area contributed by atoms with Crippen LogP contribution in [0.4, 0.5) is 17.1 Å². The summed E-state index contributed by atoms with van der Waals surface area (Å²) in [5.41, 5.74) is 14.3. The number of nitrogens with zero attached hydrogens (tertiary/aromatic N) is 1. The number of benzene rings is 10. The molecule has 2 heterocycles. The normalized spacial score (nSPS) is 11.6. The quantitative estimate of drug-likeness (QED) is 0.160. The van der Waals surface area contributed by atoms with Crippen LogP contribution in [0.25, 0.3) is 97.4 Å². The lowest BCUT2D eigenvalue weighted by molar-refractivity contribution is 0.670. The van der Waals surface area contributed by atoms with Gasteiger partial charge in [-0.15, -0.1) is 11.3 Å². The van der Waals surface area contributed by atoms with Crippen molar-refractivity contribution in [3.63, 3.8) is 0 Å². The van der Waals surface area contributed by atoms with Gasteiger partial charge in [-0.25, -0.2) is 0 Å². The van der Waals surface area contributed by atoms with E-state index in [4.69, 9.17) is 4.42 Å². The molecule has 0 spiro atoms. The lowest BCUT2D eigenvalue weighted by Crippen LogP contribution is -2.10. The zero-order valence-corrected chi connectivity index (χ0v) is 33.9. The van der Waals surface area contributed by atoms with Crippen LogP contribution in [0.1, 0.15) is 0 Å². The fraction of sp³-hybridized carbons (Fsp3) is 0. The Balaban J connectivity index is 1.01. The summed E-state index contributed by atoms with van der Waals surface area (Å²) >= 11 is 1.86. The van der Waals surface area contributed by atoms with Crippen molar-refractivity contribution in [2.24, 2.45) is 0 Å². The highest BCUT2D eigenvalue weighted by atomic mass is 32.1. The van der Waals surface area contributed by atoms with Crippen molar-refractivity contribution in [1.82, 2.24) is 0 Å². The Morgan fingerprint density at radius 2 is 0.754 bits per heavy atom. The Hall–Kier alpha value is -7.72. The van der Waals surface area contributed by atoms with Gasteiger partial charge in [-0.2, -0.15) is 0 Å². The van der Waals surface area contributed by atoms with E-state index in [-0.39, 0.29) is 0 Å². The zero-order valence-electron chi connectivity index (χ0n) is 33.1. The maximum absolute atomic E-state index is 7.01. The summed E-state index contributed by atoms with van der Waals surface area (Å²) in [6.45, 7) is 0. The first-order chi connectivity index (χ1) is 30.3. The second-order valence-electron chi connectivity index (χ2n) is 15.6. The van der Waals surface area contributed by atoms with Gasteiger partial charge in [-0.05, 0) is 92.2 Å². The summed E-state index contributed by atoms with van der Waals surface area (Å²) in [6, 6.07) is 80.9. The molecule has 0 saturated carbocycles. The third kappa shape index (κ3) is 5.93. The number of anilines is 3. The summed E-state index contributed by atoms with van der Waals surface area (Å²) in [5.74, 6) is 0. The van der Waals surface area contributed by atoms with Gasteiger partial charge in [0.1, 0.15) is 5.58 Å². The van der Waals surface area contributed by atoms with Crippen LogP contribution >= 0.6 is 11.3 Å². The van der Waals surface area contributed by atoms with E-state index < -0.39 is 0 Å². The van der Waals surface area contributed by atoms with Crippen molar-refractivity contribution in [1.29, 1.82) is 0 Å². The molecule has 0 amide bonds. The minimum atomic E-state index is 0.853. The summed E-state index contributed by atoms with van der Waals surface area (Å²) in [6.07, 6.45) is 0. The predicted molar refractivity (Wildman–Crippen MR) is 261 cm³/mol. The maximum Gasteiger partial charge on any atom is 0.159 e. The van der Waals surface area contributed by atoms with Crippen molar-refractivity contribution < 1.29 is 4.42 Å². The highest BCUT2D eigenvalue weighted by Gasteiger charge is 2.22. The van der Waals surface area contributed by atoms with Crippen LogP contribution in [0, 0.1) is 0 Å². The van der Waals surface area contributed by atoms with Crippen LogP contribution in [0.3, 0.4) is 0 Å². The number of hydrogen-bond acceptors (Lipinski definition) is 3. The highest BCUT2D eigenvalue weighted by Crippen LogP contribution is 2.46. The molecule has 3 heteroatoms. The Morgan fingerprint density at radius 1 is 0.295 bits per heavy atom. The molecule has 0 unspecified atom stereocenters. The van der Waals surface area contributed by atoms with Crippen LogP contribution in [-0.4, -0.2) is 0 Å². The van der Waals surface area contributed by atoms with Gasteiger partial charge in [0, 0.05) is 47.9 Å². The van der Waals surface area contributed by atoms with Crippen molar-refractivity contribution >= 4 is 81.3 Å². The molecule has 0 aliphatic rings. The molecule has 2 aromatic heterocycles. The summed E-state index contributed by atoms with van der Waals surface area (Å²) in [5, 5.41) is 7.29. The fourth-order valence-corrected chi connectivity index (χ4v) is 10.4. The number of furan rings is 1. The van der Waals surface area contributed by atoms with Crippen molar-refractivity contribution in [2.75, 3.05) is 4.90 Å². The van der Waals surface area contributed by atoms with Gasteiger partial charge >= 0.3 is 0 Å². The second-order valence-corrected chi connectivity index (χ2v) is 16.7. The summed E-state index contributed by atoms with van der Waals surface area (Å²) in [4.78, 5) is 2.34. The average molecular weight is 796 g/mol. The van der Waals surface area contributed by atoms with Crippen LogP contribution in [0.15, 0.2) is 229 Å². The zero-order chi connectivity index (χ0) is 40.3. The van der Waals surface area contributed by atoms with Gasteiger partial charge in [0.15, 0.2) is 5.58 Å². The van der Waals surface area contributed by atoms with E-state index in [9.17, 15) is 0 Å². The molecule has 0 saturated heterocycles. The van der Waals surface area contributed by atoms with E-state index in [1.165, 1.54) is 64.3 Å². The molecular formula is C58H37NOS. The Morgan fingerprint density at radius 3 is 1.41 bits per heavy atom. The Bertz CT molecular complexity index is 3570. The van der Waals surface area contributed by atoms with E-state index in [1.54, 1.807) is 0 Å². The van der Waals surface area contributed by atoms with Gasteiger partial charge < -0.3 is 9.32 Å². The smallest absolute Gasteiger partial charge is 0.159 e. The SMILES string of the molecule is c1ccc(-c2ccc(-c3ccc(N(c4ccc(-c5cccc6sc7ccccc7c56)cc4)c4cccc5c4oc4c(-c6ccccc6)cccc45)cc3)c3ccccc23)cc1. The third-order valence-electron chi connectivity index (χ3n) is 12.1. The molecule has 0 radical (unpaired) electrons. The number of fused-ring (bicyclic) bond motifs is 7. The summed E-state index contributed by atoms with van der Waals surface area (Å²) in [7, 11) is 0. The number of para-hydroxylation sites is 2. The molecule has 0 aliphatic carbocycles. The van der Waals surface area contributed by atoms with Crippen LogP contribution in [0.2, 0.25) is 0 Å². The van der Waals surface area contributed by atoms with E-state index in [2.05, 4.69) is 229 Å². The number of thiophene rings is 1. The molecule has 0 N–H and O–H groups in total. The van der Waals surface area contributed by atoms with Gasteiger partial charge in [0.2, 0.25) is 0 Å². The average Bonchev–Trinajstić information content (AvgIpc) is 3.92. The van der Waals surface area contributed by atoms with E-state index >= 15 is 0 Å². The first kappa shape index (κ1) is 35.2. The first-order valence-corrected chi connectivity index (χ1v) is 21.6. The van der Waals surface area contributed by atoms with Gasteiger partial charge in [-0.1, -0.05) is 182 Å². The standard InChI is InChI=1S/C58H37NOS/c1-3-14-38(15-4-1)44-36-37-45(49-19-8-7-18-48(44)49)40-28-32-42(33-29-40)59(43-34-30-41(31-35-43)46-21-13-27-55-56(46)52-20-9-10-26-54(52)61-55)53-25-12-24-51-50-23-11-22-47(57(50)60-58(51)53)39-16-5-2-6-17-39/h1-37H. The van der Waals surface area contributed by atoms with Crippen molar-refractivity contribution in [2.45, 2.75) is 0 Å². The molecule has 0 fully saturated rings. The molecule has 0 bridgehead atoms. The lowest BCUT2D eigenvalue weighted by Gasteiger charge is -2.26. The summed E-state index contributed by atoms with van der Waals surface area (Å²) < 4.78 is 9.63. The molecule has 61 heavy (non-hydrogen) atoms. The molecular weight excluding hydrogens is 759 g/mol. The van der Waals surface area contributed by atoms with Gasteiger partial charge in [0.05, 0.1) is 5.69 Å². The van der Waals surface area contributed by atoms with Crippen molar-refractivity contribution in [3.8, 4) is 44.5 Å².